The molecule has 1 amide bonds. The van der Waals surface area contributed by atoms with E-state index in [4.69, 9.17) is 22.2 Å². The lowest BCUT2D eigenvalue weighted by atomic mass is 10.0. The molecule has 0 aliphatic carbocycles. The highest BCUT2D eigenvalue weighted by atomic mass is 35.5. The molecule has 1 aromatic heterocycles. The third kappa shape index (κ3) is 5.75. The van der Waals surface area contributed by atoms with E-state index in [2.05, 4.69) is 41.5 Å². The van der Waals surface area contributed by atoms with Gasteiger partial charge in [0, 0.05) is 0 Å². The van der Waals surface area contributed by atoms with Crippen molar-refractivity contribution in [1.29, 1.82) is 0 Å². The molecular weight excluding hydrogens is 446 g/mol. The Morgan fingerprint density at radius 2 is 1.94 bits per heavy atom. The predicted octanol–water partition coefficient (Wildman–Crippen LogP) is 5.00. The number of rotatable bonds is 8. The summed E-state index contributed by atoms with van der Waals surface area (Å²) >= 11 is 7.46. The van der Waals surface area contributed by atoms with E-state index in [9.17, 15) is 4.79 Å². The minimum absolute atomic E-state index is 0.120. The van der Waals surface area contributed by atoms with E-state index >= 15 is 0 Å². The van der Waals surface area contributed by atoms with Gasteiger partial charge >= 0.3 is 0 Å². The highest BCUT2D eigenvalue weighted by Gasteiger charge is 2.16. The van der Waals surface area contributed by atoms with Crippen LogP contribution in [-0.2, 0) is 11.4 Å². The number of aryl methyl sites for hydroxylation is 3. The van der Waals surface area contributed by atoms with Gasteiger partial charge in [-0.05, 0) is 61.1 Å². The number of hydrogen-bond donors (Lipinski definition) is 2. The maximum atomic E-state index is 12.4. The number of anilines is 1. The number of aromatic nitrogens is 3. The number of amides is 1. The second-order valence-corrected chi connectivity index (χ2v) is 9.38. The Hall–Kier alpha value is -2.71. The van der Waals surface area contributed by atoms with Crippen LogP contribution in [0, 0.1) is 20.8 Å². The highest BCUT2D eigenvalue weighted by Crippen LogP contribution is 2.29. The van der Waals surface area contributed by atoms with Gasteiger partial charge in [0.1, 0.15) is 12.4 Å². The highest BCUT2D eigenvalue weighted by molar-refractivity contribution is 7.99. The molecule has 0 aliphatic rings. The molecular formula is C23H28ClN5O2S. The van der Waals surface area contributed by atoms with E-state index in [1.54, 1.807) is 0 Å². The number of nitrogen functional groups attached to an aromatic ring is 1. The first-order valence-corrected chi connectivity index (χ1v) is 11.6. The van der Waals surface area contributed by atoms with E-state index < -0.39 is 0 Å². The summed E-state index contributed by atoms with van der Waals surface area (Å²) in [4.78, 5) is 12.4. The third-order valence-electron chi connectivity index (χ3n) is 4.91. The Labute approximate surface area is 197 Å². The monoisotopic (exact) mass is 473 g/mol. The molecule has 7 nitrogen and oxygen atoms in total. The summed E-state index contributed by atoms with van der Waals surface area (Å²) < 4.78 is 7.35. The fourth-order valence-corrected chi connectivity index (χ4v) is 4.31. The van der Waals surface area contributed by atoms with Crippen LogP contribution in [0.2, 0.25) is 5.02 Å². The lowest BCUT2D eigenvalue weighted by molar-refractivity contribution is -0.113. The molecule has 2 aromatic carbocycles. The van der Waals surface area contributed by atoms with Crippen molar-refractivity contribution >= 4 is 35.0 Å². The molecule has 0 saturated carbocycles. The van der Waals surface area contributed by atoms with Crippen molar-refractivity contribution in [1.82, 2.24) is 14.9 Å². The molecule has 0 saturated heterocycles. The SMILES string of the molecule is Cc1cc(C)c(NC(=O)CSc2nnc(COc3cc(C)ccc3C(C)C)n2N)c(Cl)c1. The largest absolute Gasteiger partial charge is 0.485 e. The molecule has 0 spiro atoms. The quantitative estimate of drug-likeness (QED) is 0.353. The van der Waals surface area contributed by atoms with Crippen molar-refractivity contribution in [3.05, 3.63) is 63.4 Å². The number of thioether (sulfide) groups is 1. The van der Waals surface area contributed by atoms with Gasteiger partial charge in [0.05, 0.1) is 16.5 Å². The summed E-state index contributed by atoms with van der Waals surface area (Å²) in [5.41, 5.74) is 4.80. The Bertz CT molecular complexity index is 1110. The minimum atomic E-state index is -0.203. The average Bonchev–Trinajstić information content (AvgIpc) is 3.07. The van der Waals surface area contributed by atoms with E-state index in [0.717, 1.165) is 28.0 Å². The van der Waals surface area contributed by atoms with Crippen molar-refractivity contribution in [3.8, 4) is 5.75 Å². The van der Waals surface area contributed by atoms with Gasteiger partial charge in [-0.2, -0.15) is 0 Å². The average molecular weight is 474 g/mol. The molecule has 3 N–H and O–H groups in total. The van der Waals surface area contributed by atoms with Crippen LogP contribution in [0.5, 0.6) is 5.75 Å². The van der Waals surface area contributed by atoms with Crippen LogP contribution < -0.4 is 15.9 Å². The first-order chi connectivity index (χ1) is 15.2. The van der Waals surface area contributed by atoms with E-state index in [0.29, 0.717) is 27.6 Å². The molecule has 3 aromatic rings. The second-order valence-electron chi connectivity index (χ2n) is 8.03. The predicted molar refractivity (Wildman–Crippen MR) is 130 cm³/mol. The van der Waals surface area contributed by atoms with Gasteiger partial charge in [0.15, 0.2) is 5.82 Å². The fraction of sp³-hybridized carbons (Fsp3) is 0.348. The van der Waals surface area contributed by atoms with E-state index in [1.807, 2.05) is 39.0 Å². The zero-order valence-electron chi connectivity index (χ0n) is 18.9. The second kappa shape index (κ2) is 10.3. The molecule has 170 valence electrons. The lowest BCUT2D eigenvalue weighted by Crippen LogP contribution is -2.18. The maximum Gasteiger partial charge on any atom is 0.234 e. The summed E-state index contributed by atoms with van der Waals surface area (Å²) in [6, 6.07) is 9.93. The summed E-state index contributed by atoms with van der Waals surface area (Å²) in [7, 11) is 0. The molecule has 0 bridgehead atoms. The van der Waals surface area contributed by atoms with Gasteiger partial charge in [-0.3, -0.25) is 4.79 Å². The van der Waals surface area contributed by atoms with Crippen LogP contribution in [0.3, 0.4) is 0 Å². The van der Waals surface area contributed by atoms with Crippen molar-refractivity contribution < 1.29 is 9.53 Å². The van der Waals surface area contributed by atoms with E-state index in [-0.39, 0.29) is 18.3 Å². The van der Waals surface area contributed by atoms with Crippen molar-refractivity contribution in [2.24, 2.45) is 0 Å². The normalized spacial score (nSPS) is 11.1. The summed E-state index contributed by atoms with van der Waals surface area (Å²) in [5.74, 6) is 7.67. The van der Waals surface area contributed by atoms with Crippen LogP contribution in [0.15, 0.2) is 35.5 Å². The molecule has 0 atom stereocenters. The minimum Gasteiger partial charge on any atom is -0.485 e. The van der Waals surface area contributed by atoms with Gasteiger partial charge in [-0.15, -0.1) is 10.2 Å². The number of benzene rings is 2. The molecule has 0 fully saturated rings. The smallest absolute Gasteiger partial charge is 0.234 e. The standard InChI is InChI=1S/C23H28ClN5O2S/c1-13(2)17-7-6-14(3)10-19(17)31-11-20-27-28-23(29(20)25)32-12-21(30)26-22-16(5)8-15(4)9-18(22)24/h6-10,13H,11-12,25H2,1-5H3,(H,26,30). The zero-order valence-corrected chi connectivity index (χ0v) is 20.5. The number of carbonyl (C=O) groups excluding carboxylic acids is 1. The first-order valence-electron chi connectivity index (χ1n) is 10.3. The Morgan fingerprint density at radius 1 is 1.19 bits per heavy atom. The number of nitrogens with zero attached hydrogens (tertiary/aromatic N) is 3. The molecule has 0 aliphatic heterocycles. The molecule has 9 heteroatoms. The lowest BCUT2D eigenvalue weighted by Gasteiger charge is -2.14. The first kappa shape index (κ1) is 23.9. The number of carbonyl (C=O) groups is 1. The summed E-state index contributed by atoms with van der Waals surface area (Å²) in [5, 5.41) is 12.0. The van der Waals surface area contributed by atoms with Gasteiger partial charge in [-0.1, -0.05) is 55.4 Å². The molecule has 32 heavy (non-hydrogen) atoms. The third-order valence-corrected chi connectivity index (χ3v) is 6.15. The van der Waals surface area contributed by atoms with Crippen LogP contribution in [0.1, 0.15) is 47.8 Å². The van der Waals surface area contributed by atoms with Gasteiger partial charge in [-0.25, -0.2) is 4.68 Å². The zero-order chi connectivity index (χ0) is 23.4. The van der Waals surface area contributed by atoms with E-state index in [1.165, 1.54) is 16.4 Å². The van der Waals surface area contributed by atoms with Gasteiger partial charge in [0.2, 0.25) is 11.1 Å². The van der Waals surface area contributed by atoms with Crippen LogP contribution >= 0.6 is 23.4 Å². The molecule has 0 unspecified atom stereocenters. The van der Waals surface area contributed by atoms with Crippen LogP contribution in [-0.4, -0.2) is 26.5 Å². The maximum absolute atomic E-state index is 12.4. The Balaban J connectivity index is 1.61. The van der Waals surface area contributed by atoms with Crippen molar-refractivity contribution in [2.45, 2.75) is 52.3 Å². The molecule has 0 radical (unpaired) electrons. The topological polar surface area (TPSA) is 95.1 Å². The van der Waals surface area contributed by atoms with Crippen molar-refractivity contribution in [2.75, 3.05) is 16.9 Å². The number of halogens is 1. The summed E-state index contributed by atoms with van der Waals surface area (Å²) in [6.07, 6.45) is 0. The van der Waals surface area contributed by atoms with Crippen LogP contribution in [0.25, 0.3) is 0 Å². The number of ether oxygens (including phenoxy) is 1. The van der Waals surface area contributed by atoms with Gasteiger partial charge < -0.3 is 15.9 Å². The Morgan fingerprint density at radius 3 is 2.62 bits per heavy atom. The van der Waals surface area contributed by atoms with Crippen molar-refractivity contribution in [3.63, 3.8) is 0 Å². The number of nitrogens with two attached hydrogens (primary N) is 1. The van der Waals surface area contributed by atoms with Gasteiger partial charge in [0.25, 0.3) is 0 Å². The Kier molecular flexibility index (Phi) is 7.69. The summed E-state index contributed by atoms with van der Waals surface area (Å²) in [6.45, 7) is 10.3. The molecule has 3 rings (SSSR count). The number of hydrogen-bond acceptors (Lipinski definition) is 6. The molecule has 1 heterocycles. The van der Waals surface area contributed by atoms with Crippen LogP contribution in [0.4, 0.5) is 5.69 Å². The number of nitrogens with one attached hydrogen (secondary N) is 1. The fourth-order valence-electron chi connectivity index (χ4n) is 3.27.